The van der Waals surface area contributed by atoms with Gasteiger partial charge in [-0.1, -0.05) is 133 Å². The number of nitrogens with one attached hydrogen (secondary N) is 1. The molecule has 0 unspecified atom stereocenters. The summed E-state index contributed by atoms with van der Waals surface area (Å²) in [4.78, 5) is 0. The average molecular weight is 438 g/mol. The minimum atomic E-state index is -2.35. The molecule has 1 atom stereocenters. The Morgan fingerprint density at radius 3 is 1.55 bits per heavy atom. The van der Waals surface area contributed by atoms with E-state index in [-0.39, 0.29) is 0 Å². The highest BCUT2D eigenvalue weighted by atomic mass is 32.4. The highest BCUT2D eigenvalue weighted by Gasteiger charge is 2.33. The molecule has 0 aliphatic rings. The van der Waals surface area contributed by atoms with Crippen LogP contribution in [0.25, 0.3) is 0 Å². The van der Waals surface area contributed by atoms with E-state index in [0.717, 1.165) is 21.7 Å². The molecule has 0 fully saturated rings. The molecule has 4 rings (SSSR count). The van der Waals surface area contributed by atoms with Gasteiger partial charge in [0, 0.05) is 16.2 Å². The summed E-state index contributed by atoms with van der Waals surface area (Å²) >= 11 is 6.45. The summed E-state index contributed by atoms with van der Waals surface area (Å²) in [6.45, 7) is 2.13. The monoisotopic (exact) mass is 437 g/mol. The number of benzene rings is 4. The molecule has 0 saturated carbocycles. The smallest absolute Gasteiger partial charge is 0.107 e. The first-order chi connectivity index (χ1) is 15.1. The van der Waals surface area contributed by atoms with Gasteiger partial charge >= 0.3 is 0 Å². The van der Waals surface area contributed by atoms with Crippen LogP contribution in [0.4, 0.5) is 0 Å². The molecule has 0 aliphatic carbocycles. The van der Waals surface area contributed by atoms with Gasteiger partial charge in [0.15, 0.2) is 0 Å². The van der Waals surface area contributed by atoms with E-state index in [1.54, 1.807) is 0 Å². The van der Waals surface area contributed by atoms with Gasteiger partial charge in [-0.3, -0.25) is 5.09 Å². The highest BCUT2D eigenvalue weighted by molar-refractivity contribution is 8.20. The number of hydrogen-bond donors (Lipinski definition) is 1. The van der Waals surface area contributed by atoms with Crippen molar-refractivity contribution in [2.45, 2.75) is 12.5 Å². The van der Waals surface area contributed by atoms with Crippen LogP contribution in [-0.4, -0.2) is 0 Å². The molecule has 0 spiro atoms. The van der Waals surface area contributed by atoms with E-state index in [1.807, 2.05) is 60.7 Å². The lowest BCUT2D eigenvalue weighted by Crippen LogP contribution is -2.41. The van der Waals surface area contributed by atoms with Crippen LogP contribution in [-0.2, 0) is 17.3 Å². The molecule has 0 bridgehead atoms. The molecular formula is C28H24NPS. The van der Waals surface area contributed by atoms with E-state index in [4.69, 9.17) is 11.8 Å². The van der Waals surface area contributed by atoms with Gasteiger partial charge in [0.05, 0.1) is 6.19 Å². The predicted molar refractivity (Wildman–Crippen MR) is 137 cm³/mol. The van der Waals surface area contributed by atoms with Crippen LogP contribution in [0.3, 0.4) is 0 Å². The first kappa shape index (κ1) is 21.3. The number of rotatable bonds is 5. The Balaban J connectivity index is 1.86. The summed E-state index contributed by atoms with van der Waals surface area (Å²) in [5.74, 6) is 6.89. The van der Waals surface area contributed by atoms with Gasteiger partial charge in [0.25, 0.3) is 0 Å². The van der Waals surface area contributed by atoms with Crippen molar-refractivity contribution in [3.8, 4) is 11.8 Å². The molecular weight excluding hydrogens is 413 g/mol. The Morgan fingerprint density at radius 2 is 1.06 bits per heavy atom. The van der Waals surface area contributed by atoms with E-state index in [9.17, 15) is 0 Å². The van der Waals surface area contributed by atoms with Gasteiger partial charge in [-0.2, -0.15) is 0 Å². The quantitative estimate of drug-likeness (QED) is 0.323. The van der Waals surface area contributed by atoms with Crippen LogP contribution in [0, 0.1) is 11.8 Å². The van der Waals surface area contributed by atoms with Crippen molar-refractivity contribution in [2.75, 3.05) is 0 Å². The summed E-state index contributed by atoms with van der Waals surface area (Å²) in [7, 11) is 0. The molecule has 4 aromatic rings. The van der Waals surface area contributed by atoms with Crippen molar-refractivity contribution in [3.63, 3.8) is 0 Å². The second-order valence-corrected chi connectivity index (χ2v) is 11.6. The van der Waals surface area contributed by atoms with Gasteiger partial charge in [-0.15, -0.1) is 0 Å². The molecule has 0 aliphatic heterocycles. The number of hydrogen-bond acceptors (Lipinski definition) is 1. The van der Waals surface area contributed by atoms with Crippen molar-refractivity contribution in [2.24, 2.45) is 0 Å². The van der Waals surface area contributed by atoms with Crippen molar-refractivity contribution in [3.05, 3.63) is 132 Å². The highest BCUT2D eigenvalue weighted by Crippen LogP contribution is 2.43. The molecule has 4 aromatic carbocycles. The van der Waals surface area contributed by atoms with Gasteiger partial charge in [0.2, 0.25) is 0 Å². The zero-order valence-corrected chi connectivity index (χ0v) is 19.1. The topological polar surface area (TPSA) is 12.0 Å². The van der Waals surface area contributed by atoms with E-state index in [2.05, 4.69) is 84.5 Å². The third-order valence-electron chi connectivity index (χ3n) is 5.20. The van der Waals surface area contributed by atoms with E-state index < -0.39 is 11.7 Å². The maximum Gasteiger partial charge on any atom is 0.107 e. The lowest BCUT2D eigenvalue weighted by Gasteiger charge is -2.35. The fourth-order valence-corrected chi connectivity index (χ4v) is 7.36. The molecule has 0 radical (unpaired) electrons. The Morgan fingerprint density at radius 1 is 0.645 bits per heavy atom. The first-order valence-corrected chi connectivity index (χ1v) is 13.0. The lowest BCUT2D eigenvalue weighted by atomic mass is 9.93. The zero-order valence-electron chi connectivity index (χ0n) is 17.4. The van der Waals surface area contributed by atoms with Crippen LogP contribution in [0.15, 0.2) is 121 Å². The SMILES string of the molecule is C[C@@](C#Cc1ccccc1)(NP(=S)(c1ccccc1)c1ccccc1)c1ccccc1. The van der Waals surface area contributed by atoms with Crippen molar-refractivity contribution in [1.82, 2.24) is 5.09 Å². The predicted octanol–water partition coefficient (Wildman–Crippen LogP) is 5.59. The summed E-state index contributed by atoms with van der Waals surface area (Å²) < 4.78 is 0. The molecule has 0 amide bonds. The van der Waals surface area contributed by atoms with Gasteiger partial charge in [-0.25, -0.2) is 0 Å². The van der Waals surface area contributed by atoms with Crippen molar-refractivity contribution < 1.29 is 0 Å². The normalized spacial score (nSPS) is 12.9. The zero-order chi connectivity index (χ0) is 21.6. The third kappa shape index (κ3) is 4.87. The van der Waals surface area contributed by atoms with Crippen LogP contribution >= 0.6 is 6.19 Å². The summed E-state index contributed by atoms with van der Waals surface area (Å²) in [5, 5.41) is 6.13. The van der Waals surface area contributed by atoms with Crippen LogP contribution < -0.4 is 15.7 Å². The fourth-order valence-electron chi connectivity index (χ4n) is 3.52. The van der Waals surface area contributed by atoms with Crippen LogP contribution in [0.2, 0.25) is 0 Å². The minimum Gasteiger partial charge on any atom is -0.262 e. The van der Waals surface area contributed by atoms with Gasteiger partial charge in [-0.05, 0) is 24.6 Å². The van der Waals surface area contributed by atoms with Gasteiger partial charge < -0.3 is 0 Å². The van der Waals surface area contributed by atoms with E-state index in [0.29, 0.717) is 0 Å². The molecule has 0 saturated heterocycles. The Labute approximate surface area is 190 Å². The van der Waals surface area contributed by atoms with Gasteiger partial charge in [0.1, 0.15) is 5.54 Å². The first-order valence-electron chi connectivity index (χ1n) is 10.2. The standard InChI is InChI=1S/C28H24NPS/c1-28(25-16-8-3-9-17-25,23-22-24-14-6-2-7-15-24)29-30(31,26-18-10-4-11-19-26)27-20-12-5-13-21-27/h2-21H,1H3,(H,29,31)/t28-/m0/s1. The second-order valence-electron chi connectivity index (χ2n) is 7.50. The Hall–Kier alpha value is -2.95. The van der Waals surface area contributed by atoms with Crippen LogP contribution in [0.5, 0.6) is 0 Å². The molecule has 0 aromatic heterocycles. The average Bonchev–Trinajstić information content (AvgIpc) is 2.85. The third-order valence-corrected chi connectivity index (χ3v) is 9.55. The molecule has 31 heavy (non-hydrogen) atoms. The molecule has 152 valence electrons. The molecule has 0 heterocycles. The lowest BCUT2D eigenvalue weighted by molar-refractivity contribution is 0.599. The minimum absolute atomic E-state index is 0.627. The Kier molecular flexibility index (Phi) is 6.50. The molecule has 1 N–H and O–H groups in total. The summed E-state index contributed by atoms with van der Waals surface area (Å²) in [5.41, 5.74) is 1.46. The summed E-state index contributed by atoms with van der Waals surface area (Å²) in [6, 6.07) is 41.2. The molecule has 3 heteroatoms. The van der Waals surface area contributed by atoms with Crippen molar-refractivity contribution >= 4 is 28.6 Å². The fraction of sp³-hybridized carbons (Fsp3) is 0.0714. The van der Waals surface area contributed by atoms with E-state index in [1.165, 1.54) is 0 Å². The van der Waals surface area contributed by atoms with Crippen molar-refractivity contribution in [1.29, 1.82) is 0 Å². The summed E-state index contributed by atoms with van der Waals surface area (Å²) in [6.07, 6.45) is -2.35. The maximum absolute atomic E-state index is 6.45. The maximum atomic E-state index is 6.45. The second kappa shape index (κ2) is 9.46. The largest absolute Gasteiger partial charge is 0.262 e. The molecule has 1 nitrogen and oxygen atoms in total. The Bertz CT molecular complexity index is 1190. The van der Waals surface area contributed by atoms with Crippen LogP contribution in [0.1, 0.15) is 18.1 Å². The van der Waals surface area contributed by atoms with E-state index >= 15 is 0 Å².